The summed E-state index contributed by atoms with van der Waals surface area (Å²) in [6.45, 7) is 8.64. The third-order valence-corrected chi connectivity index (χ3v) is 3.05. The summed E-state index contributed by atoms with van der Waals surface area (Å²) in [6, 6.07) is 10.3. The van der Waals surface area contributed by atoms with E-state index in [0.29, 0.717) is 13.1 Å². The van der Waals surface area contributed by atoms with E-state index in [2.05, 4.69) is 39.4 Å². The van der Waals surface area contributed by atoms with Crippen LogP contribution in [-0.2, 0) is 13.1 Å². The molecule has 0 aliphatic carbocycles. The van der Waals surface area contributed by atoms with Crippen LogP contribution in [0.25, 0.3) is 0 Å². The van der Waals surface area contributed by atoms with Crippen molar-refractivity contribution in [2.24, 2.45) is 4.99 Å². The lowest BCUT2D eigenvalue weighted by Crippen LogP contribution is -2.37. The molecule has 1 aromatic carbocycles. The lowest BCUT2D eigenvalue weighted by Gasteiger charge is -2.08. The van der Waals surface area contributed by atoms with Gasteiger partial charge in [0, 0.05) is 24.8 Å². The molecule has 2 aromatic rings. The van der Waals surface area contributed by atoms with Crippen LogP contribution in [0.4, 0.5) is 0 Å². The molecule has 0 radical (unpaired) electrons. The van der Waals surface area contributed by atoms with E-state index in [1.807, 2.05) is 48.3 Å². The highest BCUT2D eigenvalue weighted by molar-refractivity contribution is 14.0. The third kappa shape index (κ3) is 6.85. The summed E-state index contributed by atoms with van der Waals surface area (Å²) in [5, 5.41) is 10.8. The molecule has 1 aromatic heterocycles. The molecule has 1 heterocycles. The first-order chi connectivity index (χ1) is 10.8. The Labute approximate surface area is 154 Å². The second kappa shape index (κ2) is 10.8. The van der Waals surface area contributed by atoms with Gasteiger partial charge in [-0.25, -0.2) is 4.99 Å². The lowest BCUT2D eigenvalue weighted by atomic mass is 10.2. The first-order valence-electron chi connectivity index (χ1n) is 7.50. The number of guanidine groups is 1. The fourth-order valence-corrected chi connectivity index (χ4v) is 2.03. The van der Waals surface area contributed by atoms with Crippen LogP contribution < -0.4 is 10.6 Å². The quantitative estimate of drug-likeness (QED) is 0.311. The van der Waals surface area contributed by atoms with Gasteiger partial charge < -0.3 is 10.6 Å². The van der Waals surface area contributed by atoms with Crippen molar-refractivity contribution in [3.8, 4) is 0 Å². The first kappa shape index (κ1) is 19.2. The Bertz CT molecular complexity index is 606. The van der Waals surface area contributed by atoms with E-state index in [1.54, 1.807) is 0 Å². The maximum Gasteiger partial charge on any atom is 0.191 e. The van der Waals surface area contributed by atoms with Crippen LogP contribution in [-0.4, -0.2) is 28.8 Å². The van der Waals surface area contributed by atoms with Gasteiger partial charge in [-0.1, -0.05) is 36.4 Å². The molecule has 0 bridgehead atoms. The minimum absolute atomic E-state index is 0. The minimum atomic E-state index is 0. The van der Waals surface area contributed by atoms with Gasteiger partial charge in [0.2, 0.25) is 0 Å². The van der Waals surface area contributed by atoms with Crippen molar-refractivity contribution >= 4 is 29.9 Å². The van der Waals surface area contributed by atoms with E-state index in [1.165, 1.54) is 5.56 Å². The van der Waals surface area contributed by atoms with Gasteiger partial charge in [0.05, 0.1) is 19.3 Å². The number of aromatic nitrogens is 2. The average molecular weight is 425 g/mol. The predicted molar refractivity (Wildman–Crippen MR) is 106 cm³/mol. The van der Waals surface area contributed by atoms with Crippen LogP contribution >= 0.6 is 24.0 Å². The number of nitrogens with one attached hydrogen (secondary N) is 2. The highest BCUT2D eigenvalue weighted by Gasteiger charge is 2.00. The zero-order chi connectivity index (χ0) is 15.6. The van der Waals surface area contributed by atoms with Crippen LogP contribution in [0.3, 0.4) is 0 Å². The Kier molecular flexibility index (Phi) is 9.04. The number of rotatable bonds is 7. The van der Waals surface area contributed by atoms with Crippen LogP contribution in [0, 0.1) is 0 Å². The van der Waals surface area contributed by atoms with Gasteiger partial charge in [0.1, 0.15) is 0 Å². The Hall–Kier alpha value is -1.83. The van der Waals surface area contributed by atoms with Crippen LogP contribution in [0.1, 0.15) is 18.1 Å². The van der Waals surface area contributed by atoms with Crippen molar-refractivity contribution in [3.63, 3.8) is 0 Å². The average Bonchev–Trinajstić information content (AvgIpc) is 2.98. The monoisotopic (exact) mass is 425 g/mol. The Morgan fingerprint density at radius 3 is 2.74 bits per heavy atom. The predicted octanol–water partition coefficient (Wildman–Crippen LogP) is 2.79. The van der Waals surface area contributed by atoms with Gasteiger partial charge in [-0.15, -0.1) is 30.6 Å². The molecule has 23 heavy (non-hydrogen) atoms. The van der Waals surface area contributed by atoms with E-state index in [0.717, 1.165) is 24.6 Å². The molecule has 6 heteroatoms. The molecule has 0 fully saturated rings. The first-order valence-corrected chi connectivity index (χ1v) is 7.50. The highest BCUT2D eigenvalue weighted by Crippen LogP contribution is 2.04. The van der Waals surface area contributed by atoms with Crippen molar-refractivity contribution in [3.05, 3.63) is 66.5 Å². The molecule has 0 aliphatic heterocycles. The molecule has 0 amide bonds. The maximum atomic E-state index is 4.53. The Balaban J connectivity index is 0.00000264. The minimum Gasteiger partial charge on any atom is -0.357 e. The van der Waals surface area contributed by atoms with Crippen molar-refractivity contribution in [1.29, 1.82) is 0 Å². The molecule has 0 aliphatic rings. The normalized spacial score (nSPS) is 10.7. The smallest absolute Gasteiger partial charge is 0.191 e. The summed E-state index contributed by atoms with van der Waals surface area (Å²) in [5.41, 5.74) is 2.33. The van der Waals surface area contributed by atoms with E-state index in [9.17, 15) is 0 Å². The second-order valence-electron chi connectivity index (χ2n) is 4.90. The highest BCUT2D eigenvalue weighted by atomic mass is 127. The van der Waals surface area contributed by atoms with Crippen LogP contribution in [0.15, 0.2) is 60.4 Å². The molecular formula is C17H24IN5. The van der Waals surface area contributed by atoms with E-state index in [4.69, 9.17) is 0 Å². The van der Waals surface area contributed by atoms with E-state index >= 15 is 0 Å². The second-order valence-corrected chi connectivity index (χ2v) is 4.90. The molecule has 0 spiro atoms. The van der Waals surface area contributed by atoms with Gasteiger partial charge in [-0.3, -0.25) is 4.68 Å². The zero-order valence-corrected chi connectivity index (χ0v) is 15.7. The van der Waals surface area contributed by atoms with Gasteiger partial charge in [-0.2, -0.15) is 5.10 Å². The zero-order valence-electron chi connectivity index (χ0n) is 13.4. The summed E-state index contributed by atoms with van der Waals surface area (Å²) in [4.78, 5) is 4.53. The van der Waals surface area contributed by atoms with Crippen LogP contribution in [0.2, 0.25) is 0 Å². The van der Waals surface area contributed by atoms with Gasteiger partial charge in [-0.05, 0) is 12.5 Å². The van der Waals surface area contributed by atoms with Gasteiger partial charge in [0.25, 0.3) is 0 Å². The fraction of sp³-hybridized carbons (Fsp3) is 0.294. The molecule has 0 atom stereocenters. The van der Waals surface area contributed by atoms with Crippen molar-refractivity contribution in [1.82, 2.24) is 20.4 Å². The molecule has 2 rings (SSSR count). The number of aliphatic imine (C=N–C) groups is 1. The van der Waals surface area contributed by atoms with Crippen molar-refractivity contribution in [2.75, 3.05) is 13.1 Å². The Morgan fingerprint density at radius 1 is 1.26 bits per heavy atom. The lowest BCUT2D eigenvalue weighted by molar-refractivity contribution is 0.686. The SMILES string of the molecule is C=CCNC(=NCc1cnn(Cc2ccccc2)c1)NCC.I. The summed E-state index contributed by atoms with van der Waals surface area (Å²) in [7, 11) is 0. The maximum absolute atomic E-state index is 4.53. The van der Waals surface area contributed by atoms with Gasteiger partial charge >= 0.3 is 0 Å². The number of benzene rings is 1. The number of hydrogen-bond donors (Lipinski definition) is 2. The van der Waals surface area contributed by atoms with E-state index in [-0.39, 0.29) is 24.0 Å². The fourth-order valence-electron chi connectivity index (χ4n) is 2.03. The molecule has 0 unspecified atom stereocenters. The molecule has 2 N–H and O–H groups in total. The number of halogens is 1. The molecular weight excluding hydrogens is 401 g/mol. The Morgan fingerprint density at radius 2 is 2.04 bits per heavy atom. The third-order valence-electron chi connectivity index (χ3n) is 3.05. The molecule has 0 saturated heterocycles. The standard InChI is InChI=1S/C17H23N5.HI/c1-3-10-19-17(18-4-2)20-11-16-12-21-22(14-16)13-15-8-6-5-7-9-15;/h3,5-9,12,14H,1,4,10-11,13H2,2H3,(H2,18,19,20);1H. The van der Waals surface area contributed by atoms with Crippen molar-refractivity contribution in [2.45, 2.75) is 20.0 Å². The van der Waals surface area contributed by atoms with Gasteiger partial charge in [0.15, 0.2) is 5.96 Å². The molecule has 0 saturated carbocycles. The summed E-state index contributed by atoms with van der Waals surface area (Å²) < 4.78 is 1.93. The van der Waals surface area contributed by atoms with E-state index < -0.39 is 0 Å². The topological polar surface area (TPSA) is 54.2 Å². The number of hydrogen-bond acceptors (Lipinski definition) is 2. The summed E-state index contributed by atoms with van der Waals surface area (Å²) in [5.74, 6) is 0.790. The molecule has 5 nitrogen and oxygen atoms in total. The van der Waals surface area contributed by atoms with Crippen LogP contribution in [0.5, 0.6) is 0 Å². The summed E-state index contributed by atoms with van der Waals surface area (Å²) >= 11 is 0. The summed E-state index contributed by atoms with van der Waals surface area (Å²) in [6.07, 6.45) is 5.71. The number of nitrogens with zero attached hydrogens (tertiary/aromatic N) is 3. The molecule has 124 valence electrons. The van der Waals surface area contributed by atoms with Crippen molar-refractivity contribution < 1.29 is 0 Å². The largest absolute Gasteiger partial charge is 0.357 e.